The number of allylic oxidation sites excluding steroid dienone is 2. The van der Waals surface area contributed by atoms with Gasteiger partial charge in [0.05, 0.1) is 5.76 Å². The van der Waals surface area contributed by atoms with Crippen LogP contribution in [0.25, 0.3) is 41.7 Å². The number of hydrogen-bond donors (Lipinski definition) is 1. The van der Waals surface area contributed by atoms with E-state index in [1.807, 2.05) is 33.9 Å². The van der Waals surface area contributed by atoms with Crippen molar-refractivity contribution in [3.8, 4) is 21.3 Å². The zero-order valence-corrected chi connectivity index (χ0v) is 36.1. The van der Waals surface area contributed by atoms with E-state index in [0.717, 1.165) is 57.7 Å². The van der Waals surface area contributed by atoms with Gasteiger partial charge in [-0.05, 0) is 25.7 Å². The molecule has 0 fully saturated rings. The molecular formula is C43H54IrNO2SeSi-. The first-order chi connectivity index (χ1) is 23.1. The van der Waals surface area contributed by atoms with Crippen molar-refractivity contribution in [1.29, 1.82) is 0 Å². The summed E-state index contributed by atoms with van der Waals surface area (Å²) >= 11 is 0.129. The maximum absolute atomic E-state index is 11.7. The fourth-order valence-corrected chi connectivity index (χ4v) is 9.63. The Labute approximate surface area is 317 Å². The fraction of sp³-hybridized carbons (Fsp3) is 0.395. The average molecular weight is 917 g/mol. The van der Waals surface area contributed by atoms with Crippen molar-refractivity contribution in [3.05, 3.63) is 96.4 Å². The van der Waals surface area contributed by atoms with Crippen molar-refractivity contribution in [3.63, 3.8) is 0 Å². The summed E-state index contributed by atoms with van der Waals surface area (Å²) in [6.45, 7) is 22.0. The summed E-state index contributed by atoms with van der Waals surface area (Å²) in [6.07, 6.45) is 6.79. The van der Waals surface area contributed by atoms with Crippen LogP contribution in [-0.4, -0.2) is 38.5 Å². The number of aliphatic hydroxyl groups is 1. The summed E-state index contributed by atoms with van der Waals surface area (Å²) in [7, 11) is -1.38. The maximum atomic E-state index is 11.7. The largest absolute Gasteiger partial charge is 0 e. The number of carbonyl (C=O) groups excluding carboxylic acids is 1. The van der Waals surface area contributed by atoms with Gasteiger partial charge in [0.25, 0.3) is 0 Å². The van der Waals surface area contributed by atoms with Gasteiger partial charge < -0.3 is 5.11 Å². The monoisotopic (exact) mass is 918 g/mol. The Morgan fingerprint density at radius 2 is 1.61 bits per heavy atom. The van der Waals surface area contributed by atoms with Crippen molar-refractivity contribution in [1.82, 2.24) is 4.98 Å². The molecular weight excluding hydrogens is 862 g/mol. The average Bonchev–Trinajstić information content (AvgIpc) is 3.40. The molecule has 5 aromatic rings. The van der Waals surface area contributed by atoms with Gasteiger partial charge in [-0.2, -0.15) is 0 Å². The number of nitrogens with zero attached hydrogens (tertiary/aromatic N) is 1. The van der Waals surface area contributed by atoms with Crippen LogP contribution in [0.5, 0.6) is 0 Å². The standard InChI is InChI=1S/C30H30NSeSi.C13H24O2.Ir/c1-30(2,3)26-16-23(15-20-9-7-8-10-25(20)26)27-17-22(13-14-31-27)28-18-21-11-12-24(33(4,5)6)19-29(21)32-28;1-5-10(6-2)12(14)9-13(15)11(7-3)8-4;/h7-14,16-19H,1-6H3;9-11,14H,5-8H2,1-4H3;/q-1;;/b;12-9-;/i18D;;. The van der Waals surface area contributed by atoms with E-state index in [-0.39, 0.29) is 63.4 Å². The second-order valence-corrected chi connectivity index (χ2v) is 22.1. The van der Waals surface area contributed by atoms with E-state index >= 15 is 0 Å². The number of fused-ring (bicyclic) bond motifs is 2. The molecule has 0 aliphatic heterocycles. The Kier molecular flexibility index (Phi) is 14.0. The zero-order valence-electron chi connectivity index (χ0n) is 32.0. The summed E-state index contributed by atoms with van der Waals surface area (Å²) in [5.41, 5.74) is 4.37. The van der Waals surface area contributed by atoms with Gasteiger partial charge in [-0.15, -0.1) is 0 Å². The molecule has 0 saturated carbocycles. The minimum Gasteiger partial charge on any atom is 0 e. The summed E-state index contributed by atoms with van der Waals surface area (Å²) in [5.74, 6) is 0.547. The third-order valence-corrected chi connectivity index (χ3v) is 13.6. The van der Waals surface area contributed by atoms with Gasteiger partial charge in [-0.3, -0.25) is 4.79 Å². The van der Waals surface area contributed by atoms with Gasteiger partial charge in [0.15, 0.2) is 5.78 Å². The number of pyridine rings is 1. The van der Waals surface area contributed by atoms with Gasteiger partial charge in [-0.1, -0.05) is 27.7 Å². The van der Waals surface area contributed by atoms with Crippen LogP contribution in [0.3, 0.4) is 0 Å². The summed E-state index contributed by atoms with van der Waals surface area (Å²) in [6, 6.07) is 26.0. The van der Waals surface area contributed by atoms with Crippen LogP contribution in [0.4, 0.5) is 0 Å². The Hall–Kier alpha value is -2.59. The second kappa shape index (κ2) is 17.6. The SMILES string of the molecule is CCC(CC)C(=O)/C=C(\O)C(CC)CC.[2H]c1c(-c2ccnc(-c3[c-]c4ccccc4c(C(C)(C)C)c3)c2)[se]c2cc([Si](C)(C)C)ccc12.[Ir]. The molecule has 0 aliphatic rings. The summed E-state index contributed by atoms with van der Waals surface area (Å²) in [5, 5.41) is 14.7. The van der Waals surface area contributed by atoms with Crippen LogP contribution in [-0.2, 0) is 30.3 Å². The van der Waals surface area contributed by atoms with E-state index in [1.165, 1.54) is 26.5 Å². The summed E-state index contributed by atoms with van der Waals surface area (Å²) in [4.78, 5) is 16.4. The molecule has 0 spiro atoms. The molecule has 49 heavy (non-hydrogen) atoms. The molecule has 0 aliphatic carbocycles. The molecule has 6 heteroatoms. The normalized spacial score (nSPS) is 12.6. The van der Waals surface area contributed by atoms with E-state index in [1.54, 1.807) is 0 Å². The van der Waals surface area contributed by atoms with E-state index in [4.69, 9.17) is 6.35 Å². The topological polar surface area (TPSA) is 50.2 Å². The number of carbonyl (C=O) groups is 1. The Bertz CT molecular complexity index is 1940. The molecule has 0 atom stereocenters. The molecule has 263 valence electrons. The molecule has 1 N–H and O–H groups in total. The summed E-state index contributed by atoms with van der Waals surface area (Å²) < 4.78 is 11.4. The number of aromatic nitrogens is 1. The predicted octanol–water partition coefficient (Wildman–Crippen LogP) is 11.3. The van der Waals surface area contributed by atoms with Gasteiger partial charge in [0.2, 0.25) is 0 Å². The van der Waals surface area contributed by atoms with E-state index in [0.29, 0.717) is 6.04 Å². The molecule has 0 bridgehead atoms. The maximum Gasteiger partial charge on any atom is 0 e. The smallest absolute Gasteiger partial charge is 0 e. The molecule has 1 radical (unpaired) electrons. The first-order valence-electron chi connectivity index (χ1n) is 18.0. The van der Waals surface area contributed by atoms with Gasteiger partial charge in [0.1, 0.15) is 0 Å². The number of ketones is 1. The Balaban J connectivity index is 0.000000361. The van der Waals surface area contributed by atoms with Gasteiger partial charge >= 0.3 is 206 Å². The van der Waals surface area contributed by atoms with E-state index < -0.39 is 8.07 Å². The van der Waals surface area contributed by atoms with Crippen molar-refractivity contribution in [2.45, 2.75) is 99.2 Å². The molecule has 2 heterocycles. The van der Waals surface area contributed by atoms with E-state index in [9.17, 15) is 9.90 Å². The van der Waals surface area contributed by atoms with Crippen molar-refractivity contribution in [2.24, 2.45) is 11.8 Å². The van der Waals surface area contributed by atoms with Crippen molar-refractivity contribution < 1.29 is 31.4 Å². The van der Waals surface area contributed by atoms with Crippen molar-refractivity contribution >= 4 is 54.0 Å². The quantitative estimate of drug-likeness (QED) is 0.0657. The van der Waals surface area contributed by atoms with Crippen LogP contribution < -0.4 is 5.19 Å². The molecule has 0 saturated heterocycles. The third kappa shape index (κ3) is 10.2. The number of hydrogen-bond acceptors (Lipinski definition) is 3. The van der Waals surface area contributed by atoms with Crippen LogP contribution in [0, 0.1) is 17.9 Å². The Morgan fingerprint density at radius 1 is 0.959 bits per heavy atom. The molecule has 0 amide bonds. The Morgan fingerprint density at radius 3 is 2.22 bits per heavy atom. The molecule has 5 rings (SSSR count). The number of rotatable bonds is 10. The minimum absolute atomic E-state index is 0. The third-order valence-electron chi connectivity index (χ3n) is 9.27. The fourth-order valence-electron chi connectivity index (χ4n) is 6.05. The second-order valence-electron chi connectivity index (χ2n) is 14.8. The zero-order chi connectivity index (χ0) is 36.1. The van der Waals surface area contributed by atoms with Crippen LogP contribution in [0.15, 0.2) is 84.7 Å². The number of benzene rings is 3. The number of aliphatic hydroxyl groups excluding tert-OH is 1. The molecule has 0 unspecified atom stereocenters. The molecule has 2 aromatic heterocycles. The minimum atomic E-state index is -1.38. The molecule has 3 aromatic carbocycles. The van der Waals surface area contributed by atoms with Crippen LogP contribution >= 0.6 is 0 Å². The van der Waals surface area contributed by atoms with Crippen LogP contribution in [0.1, 0.15) is 81.1 Å². The van der Waals surface area contributed by atoms with Gasteiger partial charge in [0, 0.05) is 38.0 Å². The molecule has 3 nitrogen and oxygen atoms in total. The van der Waals surface area contributed by atoms with Crippen molar-refractivity contribution in [2.75, 3.05) is 0 Å². The first kappa shape index (κ1) is 39.2. The van der Waals surface area contributed by atoms with Crippen LogP contribution in [0.2, 0.25) is 19.6 Å². The predicted molar refractivity (Wildman–Crippen MR) is 211 cm³/mol. The first-order valence-corrected chi connectivity index (χ1v) is 22.7. The van der Waals surface area contributed by atoms with Gasteiger partial charge in [-0.25, -0.2) is 0 Å². The van der Waals surface area contributed by atoms with E-state index in [2.05, 4.69) is 107 Å².